The smallest absolute Gasteiger partial charge is 0.320 e. The van der Waals surface area contributed by atoms with E-state index in [2.05, 4.69) is 20.2 Å². The van der Waals surface area contributed by atoms with Gasteiger partial charge in [-0.1, -0.05) is 11.6 Å². The van der Waals surface area contributed by atoms with Crippen molar-refractivity contribution in [3.63, 3.8) is 0 Å². The molecule has 30 heavy (non-hydrogen) atoms. The van der Waals surface area contributed by atoms with Crippen LogP contribution in [-0.4, -0.2) is 91.7 Å². The van der Waals surface area contributed by atoms with Crippen molar-refractivity contribution in [2.24, 2.45) is 0 Å². The third-order valence-electron chi connectivity index (χ3n) is 5.99. The number of amides is 1. The highest BCUT2D eigenvalue weighted by Crippen LogP contribution is 2.25. The largest absolute Gasteiger partial charge is 0.377 e. The fourth-order valence-corrected chi connectivity index (χ4v) is 4.24. The summed E-state index contributed by atoms with van der Waals surface area (Å²) in [6.45, 7) is 5.61. The van der Waals surface area contributed by atoms with E-state index in [0.29, 0.717) is 36.9 Å². The molecule has 0 aliphatic carbocycles. The van der Waals surface area contributed by atoms with E-state index < -0.39 is 17.4 Å². The van der Waals surface area contributed by atoms with Gasteiger partial charge in [0.15, 0.2) is 6.29 Å². The standard InChI is InChI=1S/C19H24ClN7O3/c1-19(14-28,24-8-2-3-9-24)25-12-10-23(11-13-25)17(29)27-18(30)26(21-22-27)16-6-4-15(20)5-7-16/h4-7,14H,2-3,8-13H2,1H3. The first-order valence-electron chi connectivity index (χ1n) is 10.0. The first-order chi connectivity index (χ1) is 14.4. The van der Waals surface area contributed by atoms with Crippen LogP contribution in [0.1, 0.15) is 19.8 Å². The molecule has 2 aromatic rings. The van der Waals surface area contributed by atoms with Gasteiger partial charge in [-0.2, -0.15) is 4.68 Å². The van der Waals surface area contributed by atoms with E-state index in [9.17, 15) is 14.4 Å². The van der Waals surface area contributed by atoms with Crippen LogP contribution in [0.4, 0.5) is 4.79 Å². The molecule has 10 nitrogen and oxygen atoms in total. The summed E-state index contributed by atoms with van der Waals surface area (Å²) in [5.74, 6) is 0. The first kappa shape index (κ1) is 20.7. The van der Waals surface area contributed by atoms with E-state index in [0.717, 1.165) is 41.6 Å². The molecule has 1 aromatic carbocycles. The van der Waals surface area contributed by atoms with Crippen molar-refractivity contribution in [1.82, 2.24) is 34.5 Å². The topological polar surface area (TPSA) is 96.6 Å². The van der Waals surface area contributed by atoms with Crippen molar-refractivity contribution in [3.8, 4) is 5.69 Å². The molecular formula is C19H24ClN7O3. The molecular weight excluding hydrogens is 410 g/mol. The van der Waals surface area contributed by atoms with Gasteiger partial charge in [-0.15, -0.1) is 4.68 Å². The molecule has 0 bridgehead atoms. The van der Waals surface area contributed by atoms with Gasteiger partial charge in [-0.25, -0.2) is 9.59 Å². The van der Waals surface area contributed by atoms with Crippen molar-refractivity contribution < 1.29 is 9.59 Å². The normalized spacial score (nSPS) is 20.3. The number of halogens is 1. The van der Waals surface area contributed by atoms with E-state index in [4.69, 9.17) is 11.6 Å². The molecule has 1 amide bonds. The van der Waals surface area contributed by atoms with Crippen molar-refractivity contribution in [2.45, 2.75) is 25.4 Å². The third kappa shape index (κ3) is 3.66. The highest BCUT2D eigenvalue weighted by Gasteiger charge is 2.41. The number of aromatic nitrogens is 4. The zero-order valence-corrected chi connectivity index (χ0v) is 17.5. The van der Waals surface area contributed by atoms with Gasteiger partial charge >= 0.3 is 11.7 Å². The SMILES string of the molecule is CC(C=O)(N1CCCC1)N1CCN(C(=O)n2nnn(-c3ccc(Cl)cc3)c2=O)CC1. The molecule has 160 valence electrons. The molecule has 0 N–H and O–H groups in total. The van der Waals surface area contributed by atoms with Crippen LogP contribution in [0.25, 0.3) is 5.69 Å². The number of likely N-dealkylation sites (tertiary alicyclic amines) is 1. The summed E-state index contributed by atoms with van der Waals surface area (Å²) in [6, 6.07) is 6.01. The van der Waals surface area contributed by atoms with Gasteiger partial charge in [0, 0.05) is 44.3 Å². The Kier molecular flexibility index (Phi) is 5.72. The second-order valence-electron chi connectivity index (χ2n) is 7.72. The predicted molar refractivity (Wildman–Crippen MR) is 110 cm³/mol. The van der Waals surface area contributed by atoms with E-state index in [1.807, 2.05) is 6.92 Å². The van der Waals surface area contributed by atoms with Crippen LogP contribution in [0.5, 0.6) is 0 Å². The van der Waals surface area contributed by atoms with E-state index in [1.54, 1.807) is 29.2 Å². The zero-order valence-electron chi connectivity index (χ0n) is 16.8. The molecule has 2 fully saturated rings. The number of piperazine rings is 1. The van der Waals surface area contributed by atoms with Crippen LogP contribution in [0.15, 0.2) is 29.1 Å². The minimum Gasteiger partial charge on any atom is -0.320 e. The van der Waals surface area contributed by atoms with Gasteiger partial charge in [0.25, 0.3) is 0 Å². The van der Waals surface area contributed by atoms with E-state index in [1.165, 1.54) is 0 Å². The van der Waals surface area contributed by atoms with Gasteiger partial charge in [0.1, 0.15) is 5.66 Å². The molecule has 0 spiro atoms. The Hall–Kier alpha value is -2.56. The maximum atomic E-state index is 12.9. The maximum absolute atomic E-state index is 12.9. The highest BCUT2D eigenvalue weighted by molar-refractivity contribution is 6.30. The average molecular weight is 434 g/mol. The Morgan fingerprint density at radius 2 is 1.60 bits per heavy atom. The summed E-state index contributed by atoms with van der Waals surface area (Å²) in [6.07, 6.45) is 3.18. The van der Waals surface area contributed by atoms with Gasteiger partial charge < -0.3 is 4.90 Å². The van der Waals surface area contributed by atoms with Crippen molar-refractivity contribution in [1.29, 1.82) is 0 Å². The number of hydrogen-bond acceptors (Lipinski definition) is 7. The van der Waals surface area contributed by atoms with Crippen molar-refractivity contribution >= 4 is 23.9 Å². The van der Waals surface area contributed by atoms with Crippen LogP contribution >= 0.6 is 11.6 Å². The Labute approximate surface area is 178 Å². The monoisotopic (exact) mass is 433 g/mol. The fourth-order valence-electron chi connectivity index (χ4n) is 4.11. The fraction of sp³-hybridized carbons (Fsp3) is 0.526. The number of carbonyl (C=O) groups is 2. The van der Waals surface area contributed by atoms with Gasteiger partial charge in [-0.05, 0) is 54.5 Å². The third-order valence-corrected chi connectivity index (χ3v) is 6.25. The van der Waals surface area contributed by atoms with Gasteiger partial charge in [0.2, 0.25) is 0 Å². The summed E-state index contributed by atoms with van der Waals surface area (Å²) in [5, 5.41) is 8.10. The minimum atomic E-state index is -0.666. The lowest BCUT2D eigenvalue weighted by Gasteiger charge is -2.47. The molecule has 0 radical (unpaired) electrons. The van der Waals surface area contributed by atoms with Crippen LogP contribution < -0.4 is 5.69 Å². The number of tetrazole rings is 1. The second-order valence-corrected chi connectivity index (χ2v) is 8.16. The molecule has 2 saturated heterocycles. The summed E-state index contributed by atoms with van der Waals surface area (Å²) in [4.78, 5) is 43.3. The van der Waals surface area contributed by atoms with Crippen LogP contribution in [-0.2, 0) is 4.79 Å². The lowest BCUT2D eigenvalue weighted by Crippen LogP contribution is -2.64. The zero-order chi connectivity index (χ0) is 21.3. The van der Waals surface area contributed by atoms with Crippen molar-refractivity contribution in [2.75, 3.05) is 39.3 Å². The predicted octanol–water partition coefficient (Wildman–Crippen LogP) is 0.679. The molecule has 11 heteroatoms. The summed E-state index contributed by atoms with van der Waals surface area (Å²) in [7, 11) is 0. The summed E-state index contributed by atoms with van der Waals surface area (Å²) < 4.78 is 1.82. The number of nitrogens with zero attached hydrogens (tertiary/aromatic N) is 7. The van der Waals surface area contributed by atoms with E-state index in [-0.39, 0.29) is 0 Å². The number of hydrogen-bond donors (Lipinski definition) is 0. The molecule has 1 unspecified atom stereocenters. The number of benzene rings is 1. The number of aldehydes is 1. The Morgan fingerprint density at radius 3 is 2.20 bits per heavy atom. The molecule has 2 aliphatic rings. The lowest BCUT2D eigenvalue weighted by atomic mass is 10.1. The number of rotatable bonds is 4. The highest BCUT2D eigenvalue weighted by atomic mass is 35.5. The average Bonchev–Trinajstić information content (AvgIpc) is 3.44. The van der Waals surface area contributed by atoms with Crippen LogP contribution in [0.2, 0.25) is 5.02 Å². The van der Waals surface area contributed by atoms with E-state index >= 15 is 0 Å². The maximum Gasteiger partial charge on any atom is 0.377 e. The van der Waals surface area contributed by atoms with Crippen LogP contribution in [0, 0.1) is 0 Å². The summed E-state index contributed by atoms with van der Waals surface area (Å²) >= 11 is 5.87. The quantitative estimate of drug-likeness (QED) is 0.516. The summed E-state index contributed by atoms with van der Waals surface area (Å²) in [5.41, 5.74) is -0.833. The molecule has 3 heterocycles. The van der Waals surface area contributed by atoms with Crippen LogP contribution in [0.3, 0.4) is 0 Å². The molecule has 1 atom stereocenters. The van der Waals surface area contributed by atoms with Gasteiger partial charge in [0.05, 0.1) is 5.69 Å². The Balaban J connectivity index is 1.45. The van der Waals surface area contributed by atoms with Gasteiger partial charge in [-0.3, -0.25) is 14.6 Å². The lowest BCUT2D eigenvalue weighted by molar-refractivity contribution is -0.131. The molecule has 0 saturated carbocycles. The Morgan fingerprint density at radius 1 is 1.00 bits per heavy atom. The minimum absolute atomic E-state index is 0.399. The molecule has 4 rings (SSSR count). The second kappa shape index (κ2) is 8.29. The Bertz CT molecular complexity index is 975. The number of carbonyl (C=O) groups excluding carboxylic acids is 2. The molecule has 1 aromatic heterocycles. The molecule has 2 aliphatic heterocycles. The van der Waals surface area contributed by atoms with Crippen molar-refractivity contribution in [3.05, 3.63) is 39.8 Å². The first-order valence-corrected chi connectivity index (χ1v) is 10.4.